The highest BCUT2D eigenvalue weighted by Gasteiger charge is 2.22. The average molecular weight is 421 g/mol. The van der Waals surface area contributed by atoms with Gasteiger partial charge in [-0.25, -0.2) is 31.9 Å². The van der Waals surface area contributed by atoms with Crippen LogP contribution in [-0.2, 0) is 17.3 Å². The van der Waals surface area contributed by atoms with Crippen LogP contribution in [-0.4, -0.2) is 37.8 Å². The van der Waals surface area contributed by atoms with Gasteiger partial charge in [-0.2, -0.15) is 0 Å². The molecule has 0 saturated carbocycles. The first kappa shape index (κ1) is 20.7. The maximum Gasteiger partial charge on any atom is 0.232 e. The van der Waals surface area contributed by atoms with Crippen LogP contribution >= 0.6 is 0 Å². The lowest BCUT2D eigenvalue weighted by Crippen LogP contribution is -2.14. The molecule has 0 aliphatic carbocycles. The molecule has 0 unspecified atom stereocenters. The number of methoxy groups -OCH3 is 1. The van der Waals surface area contributed by atoms with Gasteiger partial charge in [0.25, 0.3) is 0 Å². The van der Waals surface area contributed by atoms with Crippen molar-refractivity contribution in [2.75, 3.05) is 13.7 Å². The number of halogens is 2. The minimum atomic E-state index is -2.74. The number of nitrogens with zero attached hydrogens (tertiary/aromatic N) is 2. The van der Waals surface area contributed by atoms with E-state index in [1.54, 1.807) is 0 Å². The topological polar surface area (TPSA) is 98.2 Å². The molecule has 0 fully saturated rings. The molecule has 3 rings (SSSR count). The minimum absolute atomic E-state index is 0.0556. The van der Waals surface area contributed by atoms with Gasteiger partial charge in [0.05, 0.1) is 29.9 Å². The summed E-state index contributed by atoms with van der Waals surface area (Å²) in [7, 11) is -1.31. The van der Waals surface area contributed by atoms with Crippen LogP contribution in [0.2, 0.25) is 0 Å². The largest absolute Gasteiger partial charge is 0.480 e. The van der Waals surface area contributed by atoms with Crippen LogP contribution in [0.3, 0.4) is 0 Å². The zero-order chi connectivity index (χ0) is 21.0. The molecule has 0 atom stereocenters. The molecular formula is C19H17F2N3O4S. The predicted octanol–water partition coefficient (Wildman–Crippen LogP) is 2.20. The Balaban J connectivity index is 1.91. The van der Waals surface area contributed by atoms with Gasteiger partial charge in [-0.3, -0.25) is 4.79 Å². The van der Waals surface area contributed by atoms with Gasteiger partial charge in [-0.05, 0) is 42.7 Å². The molecule has 7 nitrogen and oxygen atoms in total. The number of carbonyl (C=O) groups excluding carboxylic acids is 1. The molecule has 0 aliphatic heterocycles. The van der Waals surface area contributed by atoms with E-state index < -0.39 is 33.9 Å². The molecule has 0 spiro atoms. The number of rotatable bonds is 8. The summed E-state index contributed by atoms with van der Waals surface area (Å²) in [6, 6.07) is 6.62. The Bertz CT molecular complexity index is 1140. The number of fused-ring (bicyclic) bond motifs is 1. The van der Waals surface area contributed by atoms with Crippen LogP contribution < -0.4 is 9.46 Å². The summed E-state index contributed by atoms with van der Waals surface area (Å²) >= 11 is 0. The standard InChI is InChI=1S/C19H17F2N3O4S/c1-28-16-10-22-14-7-5-12(9-15(14)24-16)19(25)17-13(20)6-4-11(18(17)21)3-2-8-23-29(26)27/h4-7,9-10,29H,2-3,8H2,1H3,(H,23,26,27). The van der Waals surface area contributed by atoms with Gasteiger partial charge in [0.15, 0.2) is 5.78 Å². The number of hydrogen-bond donors (Lipinski definition) is 2. The third-order valence-electron chi connectivity index (χ3n) is 4.25. The zero-order valence-corrected chi connectivity index (χ0v) is 16.2. The molecule has 152 valence electrons. The summed E-state index contributed by atoms with van der Waals surface area (Å²) < 4.78 is 57.3. The Morgan fingerprint density at radius 1 is 1.17 bits per heavy atom. The van der Waals surface area contributed by atoms with Crippen molar-refractivity contribution >= 4 is 27.7 Å². The Morgan fingerprint density at radius 3 is 2.69 bits per heavy atom. The van der Waals surface area contributed by atoms with Crippen molar-refractivity contribution in [3.05, 3.63) is 64.9 Å². The lowest BCUT2D eigenvalue weighted by molar-refractivity contribution is 0.103. The molecule has 2 aromatic carbocycles. The first-order chi connectivity index (χ1) is 13.9. The monoisotopic (exact) mass is 421 g/mol. The first-order valence-corrected chi connectivity index (χ1v) is 9.78. The number of nitrogens with one attached hydrogen (secondary N) is 1. The smallest absolute Gasteiger partial charge is 0.232 e. The summed E-state index contributed by atoms with van der Waals surface area (Å²) in [5, 5.41) is 0. The van der Waals surface area contributed by atoms with Gasteiger partial charge in [0.2, 0.25) is 16.8 Å². The third-order valence-corrected chi connectivity index (χ3v) is 4.74. The molecule has 0 saturated heterocycles. The van der Waals surface area contributed by atoms with Crippen LogP contribution in [0.15, 0.2) is 36.5 Å². The highest BCUT2D eigenvalue weighted by molar-refractivity contribution is 7.70. The predicted molar refractivity (Wildman–Crippen MR) is 103 cm³/mol. The van der Waals surface area contributed by atoms with Crippen molar-refractivity contribution in [2.45, 2.75) is 12.8 Å². The number of thiol groups is 1. The fraction of sp³-hybridized carbons (Fsp3) is 0.211. The Morgan fingerprint density at radius 2 is 1.97 bits per heavy atom. The summed E-state index contributed by atoms with van der Waals surface area (Å²) in [5.74, 6) is -2.52. The Labute approximate surface area is 166 Å². The summed E-state index contributed by atoms with van der Waals surface area (Å²) in [5.41, 5.74) is 0.367. The fourth-order valence-corrected chi connectivity index (χ4v) is 3.17. The molecular weight excluding hydrogens is 404 g/mol. The summed E-state index contributed by atoms with van der Waals surface area (Å²) in [6.45, 7) is 0.115. The molecule has 0 radical (unpaired) electrons. The van der Waals surface area contributed by atoms with Crippen LogP contribution in [0.5, 0.6) is 5.88 Å². The molecule has 10 heteroatoms. The number of carbonyl (C=O) groups is 1. The third kappa shape index (κ3) is 4.72. The van der Waals surface area contributed by atoms with E-state index in [9.17, 15) is 22.0 Å². The number of ether oxygens (including phenoxy) is 1. The normalized spacial score (nSPS) is 11.2. The van der Waals surface area contributed by atoms with E-state index in [0.29, 0.717) is 17.5 Å². The van der Waals surface area contributed by atoms with Gasteiger partial charge < -0.3 is 4.74 Å². The van der Waals surface area contributed by atoms with Gasteiger partial charge in [0.1, 0.15) is 11.6 Å². The van der Waals surface area contributed by atoms with Crippen molar-refractivity contribution in [1.82, 2.24) is 14.7 Å². The van der Waals surface area contributed by atoms with Crippen molar-refractivity contribution in [3.63, 3.8) is 0 Å². The van der Waals surface area contributed by atoms with Crippen LogP contribution in [0, 0.1) is 11.6 Å². The van der Waals surface area contributed by atoms with Crippen molar-refractivity contribution in [1.29, 1.82) is 0 Å². The van der Waals surface area contributed by atoms with Crippen molar-refractivity contribution in [2.24, 2.45) is 0 Å². The Kier molecular flexibility index (Phi) is 6.45. The van der Waals surface area contributed by atoms with E-state index in [4.69, 9.17) is 4.74 Å². The minimum Gasteiger partial charge on any atom is -0.480 e. The Hall–Kier alpha value is -2.98. The molecule has 1 heterocycles. The van der Waals surface area contributed by atoms with E-state index in [0.717, 1.165) is 6.07 Å². The number of hydrogen-bond acceptors (Lipinski definition) is 6. The fourth-order valence-electron chi connectivity index (χ4n) is 2.82. The van der Waals surface area contributed by atoms with Gasteiger partial charge in [-0.15, -0.1) is 0 Å². The van der Waals surface area contributed by atoms with Gasteiger partial charge in [0, 0.05) is 12.1 Å². The molecule has 1 N–H and O–H groups in total. The molecule has 0 aliphatic rings. The highest BCUT2D eigenvalue weighted by atomic mass is 32.2. The number of aromatic nitrogens is 2. The lowest BCUT2D eigenvalue weighted by atomic mass is 9.97. The number of benzene rings is 2. The second-order valence-electron chi connectivity index (χ2n) is 6.11. The van der Waals surface area contributed by atoms with Crippen LogP contribution in [0.25, 0.3) is 11.0 Å². The van der Waals surface area contributed by atoms with Gasteiger partial charge in [-0.1, -0.05) is 6.07 Å². The summed E-state index contributed by atoms with van der Waals surface area (Å²) in [6.07, 6.45) is 1.86. The second-order valence-corrected chi connectivity index (χ2v) is 6.94. The molecule has 1 aromatic heterocycles. The maximum absolute atomic E-state index is 14.8. The van der Waals surface area contributed by atoms with E-state index >= 15 is 0 Å². The van der Waals surface area contributed by atoms with E-state index in [-0.39, 0.29) is 30.0 Å². The molecule has 3 aromatic rings. The average Bonchev–Trinajstić information content (AvgIpc) is 2.71. The maximum atomic E-state index is 14.8. The summed E-state index contributed by atoms with van der Waals surface area (Å²) in [4.78, 5) is 21.1. The molecule has 0 amide bonds. The number of ketones is 1. The second kappa shape index (κ2) is 9.01. The zero-order valence-electron chi connectivity index (χ0n) is 15.3. The van der Waals surface area contributed by atoms with Crippen LogP contribution in [0.4, 0.5) is 8.78 Å². The quantitative estimate of drug-likeness (QED) is 0.329. The number of aryl methyl sites for hydroxylation is 1. The van der Waals surface area contributed by atoms with E-state index in [2.05, 4.69) is 14.7 Å². The van der Waals surface area contributed by atoms with Crippen LogP contribution in [0.1, 0.15) is 27.9 Å². The van der Waals surface area contributed by atoms with Crippen molar-refractivity contribution < 1.29 is 26.7 Å². The van der Waals surface area contributed by atoms with Gasteiger partial charge >= 0.3 is 0 Å². The molecule has 0 bridgehead atoms. The molecule has 29 heavy (non-hydrogen) atoms. The SMILES string of the molecule is COc1cnc2ccc(C(=O)c3c(F)ccc(CCCN[SH](=O)=O)c3F)cc2n1. The first-order valence-electron chi connectivity index (χ1n) is 8.61. The highest BCUT2D eigenvalue weighted by Crippen LogP contribution is 2.23. The lowest BCUT2D eigenvalue weighted by Gasteiger charge is -2.10. The van der Waals surface area contributed by atoms with Crippen molar-refractivity contribution in [3.8, 4) is 5.88 Å². The van der Waals surface area contributed by atoms with E-state index in [1.807, 2.05) is 0 Å². The van der Waals surface area contributed by atoms with E-state index in [1.165, 1.54) is 37.6 Å².